The topological polar surface area (TPSA) is 51.8 Å². The fraction of sp³-hybridized carbons (Fsp3) is 0.333. The van der Waals surface area contributed by atoms with Gasteiger partial charge in [-0.1, -0.05) is 18.3 Å². The monoisotopic (exact) mass is 269 g/mol. The first kappa shape index (κ1) is 13.0. The van der Waals surface area contributed by atoms with Gasteiger partial charge in [0.05, 0.1) is 16.6 Å². The average molecular weight is 269 g/mol. The quantitative estimate of drug-likeness (QED) is 0.932. The lowest BCUT2D eigenvalue weighted by atomic mass is 10.0. The van der Waals surface area contributed by atoms with E-state index < -0.39 is 17.7 Å². The van der Waals surface area contributed by atoms with Gasteiger partial charge in [0.2, 0.25) is 0 Å². The molecule has 1 aromatic heterocycles. The molecule has 0 amide bonds. The van der Waals surface area contributed by atoms with E-state index in [4.69, 9.17) is 5.73 Å². The molecule has 2 rings (SSSR count). The Bertz CT molecular complexity index is 554. The molecule has 96 valence electrons. The van der Waals surface area contributed by atoms with Crippen LogP contribution < -0.4 is 5.73 Å². The Hall–Kier alpha value is -1.40. The molecule has 2 aromatic rings. The van der Waals surface area contributed by atoms with Crippen molar-refractivity contribution >= 4 is 11.5 Å². The Kier molecular flexibility index (Phi) is 3.68. The summed E-state index contributed by atoms with van der Waals surface area (Å²) in [5, 5.41) is 3.99. The second kappa shape index (κ2) is 5.07. The fourth-order valence-electron chi connectivity index (χ4n) is 1.71. The van der Waals surface area contributed by atoms with E-state index in [-0.39, 0.29) is 11.5 Å². The lowest BCUT2D eigenvalue weighted by Crippen LogP contribution is -2.15. The largest absolute Gasteiger partial charge is 0.319 e. The lowest BCUT2D eigenvalue weighted by Gasteiger charge is -2.13. The van der Waals surface area contributed by atoms with Crippen LogP contribution in [0.4, 0.5) is 8.78 Å². The highest BCUT2D eigenvalue weighted by Crippen LogP contribution is 2.30. The van der Waals surface area contributed by atoms with Crippen LogP contribution in [-0.2, 0) is 0 Å². The van der Waals surface area contributed by atoms with E-state index in [0.717, 1.165) is 35.4 Å². The normalized spacial score (nSPS) is 13.0. The average Bonchev–Trinajstić information content (AvgIpc) is 2.80. The summed E-state index contributed by atoms with van der Waals surface area (Å²) < 4.78 is 30.7. The summed E-state index contributed by atoms with van der Waals surface area (Å²) >= 11 is 1.12. The van der Waals surface area contributed by atoms with Gasteiger partial charge in [-0.15, -0.1) is 5.10 Å². The number of aromatic nitrogens is 2. The highest BCUT2D eigenvalue weighted by Gasteiger charge is 2.22. The van der Waals surface area contributed by atoms with Crippen molar-refractivity contribution in [2.75, 3.05) is 0 Å². The molecule has 2 N–H and O–H groups in total. The van der Waals surface area contributed by atoms with Gasteiger partial charge in [0.25, 0.3) is 0 Å². The zero-order valence-corrected chi connectivity index (χ0v) is 10.8. The molecule has 0 spiro atoms. The smallest absolute Gasteiger partial charge is 0.128 e. The molecular formula is C12H13F2N3S. The molecule has 0 saturated heterocycles. The lowest BCUT2D eigenvalue weighted by molar-refractivity contribution is 0.576. The van der Waals surface area contributed by atoms with Crippen LogP contribution in [0.1, 0.15) is 41.9 Å². The van der Waals surface area contributed by atoms with Crippen molar-refractivity contribution in [1.82, 2.24) is 9.59 Å². The number of halogens is 2. The van der Waals surface area contributed by atoms with Crippen molar-refractivity contribution in [1.29, 1.82) is 0 Å². The second-order valence-electron chi connectivity index (χ2n) is 4.32. The van der Waals surface area contributed by atoms with E-state index >= 15 is 0 Å². The summed E-state index contributed by atoms with van der Waals surface area (Å²) in [5.74, 6) is -0.890. The zero-order valence-electron chi connectivity index (χ0n) is 10.0. The first-order valence-electron chi connectivity index (χ1n) is 5.53. The van der Waals surface area contributed by atoms with E-state index in [0.29, 0.717) is 4.88 Å². The van der Waals surface area contributed by atoms with Gasteiger partial charge in [-0.2, -0.15) is 0 Å². The zero-order chi connectivity index (χ0) is 13.3. The predicted molar refractivity (Wildman–Crippen MR) is 66.4 cm³/mol. The van der Waals surface area contributed by atoms with Crippen LogP contribution in [0.2, 0.25) is 0 Å². The van der Waals surface area contributed by atoms with Gasteiger partial charge in [0.1, 0.15) is 11.6 Å². The third-order valence-electron chi connectivity index (χ3n) is 2.66. The van der Waals surface area contributed by atoms with E-state index in [1.165, 1.54) is 0 Å². The van der Waals surface area contributed by atoms with Gasteiger partial charge >= 0.3 is 0 Å². The summed E-state index contributed by atoms with van der Waals surface area (Å²) in [7, 11) is 0. The molecule has 6 heteroatoms. The van der Waals surface area contributed by atoms with Gasteiger partial charge in [-0.05, 0) is 35.6 Å². The summed E-state index contributed by atoms with van der Waals surface area (Å²) in [5.41, 5.74) is 6.85. The minimum Gasteiger partial charge on any atom is -0.319 e. The molecule has 0 aliphatic rings. The maximum Gasteiger partial charge on any atom is 0.128 e. The number of rotatable bonds is 3. The maximum absolute atomic E-state index is 13.7. The first-order valence-corrected chi connectivity index (χ1v) is 6.30. The summed E-state index contributed by atoms with van der Waals surface area (Å²) in [6.45, 7) is 3.91. The van der Waals surface area contributed by atoms with Crippen molar-refractivity contribution in [2.45, 2.75) is 25.8 Å². The molecule has 0 radical (unpaired) electrons. The van der Waals surface area contributed by atoms with Crippen LogP contribution in [-0.4, -0.2) is 9.59 Å². The summed E-state index contributed by atoms with van der Waals surface area (Å²) in [6.07, 6.45) is 0. The van der Waals surface area contributed by atoms with Crippen LogP contribution in [0.5, 0.6) is 0 Å². The van der Waals surface area contributed by atoms with Crippen molar-refractivity contribution < 1.29 is 8.78 Å². The number of hydrogen-bond acceptors (Lipinski definition) is 4. The Morgan fingerprint density at radius 2 is 2.00 bits per heavy atom. The van der Waals surface area contributed by atoms with E-state index in [9.17, 15) is 8.78 Å². The number of nitrogens with zero attached hydrogens (tertiary/aromatic N) is 2. The molecule has 0 saturated carbocycles. The van der Waals surface area contributed by atoms with Crippen molar-refractivity contribution in [3.05, 3.63) is 46.0 Å². The highest BCUT2D eigenvalue weighted by molar-refractivity contribution is 7.05. The second-order valence-corrected chi connectivity index (χ2v) is 5.11. The van der Waals surface area contributed by atoms with Gasteiger partial charge < -0.3 is 5.73 Å². The summed E-state index contributed by atoms with van der Waals surface area (Å²) in [4.78, 5) is 0.675. The van der Waals surface area contributed by atoms with Gasteiger partial charge in [-0.25, -0.2) is 8.78 Å². The highest BCUT2D eigenvalue weighted by atomic mass is 32.1. The Balaban J connectivity index is 2.44. The first-order chi connectivity index (χ1) is 8.50. The molecule has 1 atom stereocenters. The fourth-order valence-corrected chi connectivity index (χ4v) is 2.54. The van der Waals surface area contributed by atoms with Gasteiger partial charge in [0.15, 0.2) is 0 Å². The van der Waals surface area contributed by atoms with Crippen LogP contribution in [0.15, 0.2) is 18.2 Å². The van der Waals surface area contributed by atoms with Crippen LogP contribution in [0.25, 0.3) is 0 Å². The number of benzene rings is 1. The minimum absolute atomic E-state index is 0.128. The van der Waals surface area contributed by atoms with Crippen LogP contribution in [0, 0.1) is 11.6 Å². The Morgan fingerprint density at radius 1 is 1.28 bits per heavy atom. The molecular weight excluding hydrogens is 256 g/mol. The maximum atomic E-state index is 13.7. The standard InChI is InChI=1S/C12H13F2N3S/c1-6(2)11-12(18-17-16-11)10(15)8-5-7(13)3-4-9(8)14/h3-6,10H,15H2,1-2H3. The predicted octanol–water partition coefficient (Wildman–Crippen LogP) is 2.99. The van der Waals surface area contributed by atoms with Crippen molar-refractivity contribution in [2.24, 2.45) is 5.73 Å². The van der Waals surface area contributed by atoms with E-state index in [1.54, 1.807) is 0 Å². The summed E-state index contributed by atoms with van der Waals surface area (Å²) in [6, 6.07) is 2.52. The Labute approximate surface area is 108 Å². The van der Waals surface area contributed by atoms with Gasteiger partial charge in [0, 0.05) is 5.56 Å². The molecule has 0 fully saturated rings. The molecule has 1 unspecified atom stereocenters. The third-order valence-corrected chi connectivity index (χ3v) is 3.49. The molecule has 0 aliphatic carbocycles. The minimum atomic E-state index is -0.738. The molecule has 18 heavy (non-hydrogen) atoms. The SMILES string of the molecule is CC(C)c1nnsc1C(N)c1cc(F)ccc1F. The number of hydrogen-bond donors (Lipinski definition) is 1. The van der Waals surface area contributed by atoms with Crippen molar-refractivity contribution in [3.8, 4) is 0 Å². The van der Waals surface area contributed by atoms with E-state index in [2.05, 4.69) is 9.59 Å². The number of nitrogens with two attached hydrogens (primary N) is 1. The Morgan fingerprint density at radius 3 is 2.67 bits per heavy atom. The third kappa shape index (κ3) is 2.39. The molecule has 1 heterocycles. The molecule has 0 bridgehead atoms. The van der Waals surface area contributed by atoms with Gasteiger partial charge in [-0.3, -0.25) is 0 Å². The molecule has 1 aromatic carbocycles. The van der Waals surface area contributed by atoms with Crippen LogP contribution in [0.3, 0.4) is 0 Å². The molecule has 3 nitrogen and oxygen atoms in total. The van der Waals surface area contributed by atoms with Crippen molar-refractivity contribution in [3.63, 3.8) is 0 Å². The van der Waals surface area contributed by atoms with Crippen LogP contribution >= 0.6 is 11.5 Å². The molecule has 0 aliphatic heterocycles. The van der Waals surface area contributed by atoms with E-state index in [1.807, 2.05) is 13.8 Å².